The van der Waals surface area contributed by atoms with E-state index >= 15 is 0 Å². The molecule has 0 spiro atoms. The fourth-order valence-corrected chi connectivity index (χ4v) is 6.57. The van der Waals surface area contributed by atoms with Gasteiger partial charge in [-0.25, -0.2) is 0 Å². The van der Waals surface area contributed by atoms with Gasteiger partial charge in [-0.2, -0.15) is 0 Å². The molecule has 8 rings (SSSR count). The van der Waals surface area contributed by atoms with Crippen molar-refractivity contribution < 1.29 is 20.1 Å². The Morgan fingerprint density at radius 3 is 2.11 bits per heavy atom. The molecule has 4 bridgehead atoms. The van der Waals surface area contributed by atoms with Crippen LogP contribution in [0.5, 0.6) is 0 Å². The molecule has 2 saturated carbocycles. The Kier molecular flexibility index (Phi) is 4.02. The van der Waals surface area contributed by atoms with Gasteiger partial charge in [-0.1, -0.05) is 32.8 Å². The molecule has 1 radical (unpaired) electrons. The Bertz CT molecular complexity index is 899. The van der Waals surface area contributed by atoms with E-state index in [-0.39, 0.29) is 20.1 Å². The second-order valence-corrected chi connectivity index (χ2v) is 10.0. The SMILES string of the molecule is CC12CCC(C)(CC1)c1cc(-c3cc4c(cn3)C3CCC4CC3)[c-]cc12.[Ir]. The molecule has 2 aromatic rings. The predicted molar refractivity (Wildman–Crippen MR) is 106 cm³/mol. The molecule has 2 fully saturated rings. The van der Waals surface area contributed by atoms with Gasteiger partial charge >= 0.3 is 0 Å². The van der Waals surface area contributed by atoms with Crippen LogP contribution >= 0.6 is 0 Å². The summed E-state index contributed by atoms with van der Waals surface area (Å²) < 4.78 is 0. The van der Waals surface area contributed by atoms with E-state index in [0.717, 1.165) is 17.5 Å². The summed E-state index contributed by atoms with van der Waals surface area (Å²) in [5, 5.41) is 0. The van der Waals surface area contributed by atoms with E-state index in [9.17, 15) is 0 Å². The number of hydrogen-bond donors (Lipinski definition) is 0. The number of nitrogens with zero attached hydrogens (tertiary/aromatic N) is 1. The third kappa shape index (κ3) is 2.49. The summed E-state index contributed by atoms with van der Waals surface area (Å²) >= 11 is 0. The van der Waals surface area contributed by atoms with Crippen molar-refractivity contribution in [2.45, 2.75) is 87.9 Å². The largest absolute Gasteiger partial charge is 0.304 e. The molecule has 1 heterocycles. The summed E-state index contributed by atoms with van der Waals surface area (Å²) in [4.78, 5) is 4.90. The van der Waals surface area contributed by atoms with Crippen LogP contribution in [0.2, 0.25) is 0 Å². The van der Waals surface area contributed by atoms with Crippen LogP contribution < -0.4 is 0 Å². The monoisotopic (exact) mass is 535 g/mol. The Hall–Kier alpha value is -0.981. The second-order valence-electron chi connectivity index (χ2n) is 10.0. The summed E-state index contributed by atoms with van der Waals surface area (Å²) in [7, 11) is 0. The minimum atomic E-state index is 0. The van der Waals surface area contributed by atoms with Crippen molar-refractivity contribution in [1.82, 2.24) is 4.98 Å². The molecule has 0 unspecified atom stereocenters. The molecule has 27 heavy (non-hydrogen) atoms. The maximum absolute atomic E-state index is 4.90. The van der Waals surface area contributed by atoms with E-state index < -0.39 is 0 Å². The molecule has 1 aromatic heterocycles. The average Bonchev–Trinajstić information content (AvgIpc) is 2.70. The maximum atomic E-state index is 4.90. The number of fused-ring (bicyclic) bond motifs is 4. The zero-order valence-electron chi connectivity index (χ0n) is 16.4. The van der Waals surface area contributed by atoms with Gasteiger partial charge in [0, 0.05) is 26.3 Å². The molecule has 0 amide bonds. The van der Waals surface area contributed by atoms with Gasteiger partial charge < -0.3 is 4.98 Å². The van der Waals surface area contributed by atoms with Gasteiger partial charge in [0.15, 0.2) is 0 Å². The number of aromatic nitrogens is 1. The molecule has 1 nitrogen and oxygen atoms in total. The van der Waals surface area contributed by atoms with Crippen molar-refractivity contribution in [3.8, 4) is 11.3 Å². The van der Waals surface area contributed by atoms with Crippen molar-refractivity contribution in [2.24, 2.45) is 0 Å². The quantitative estimate of drug-likeness (QED) is 0.386. The molecule has 6 aliphatic rings. The normalized spacial score (nSPS) is 35.3. The van der Waals surface area contributed by atoms with Crippen LogP contribution in [0.4, 0.5) is 0 Å². The molecule has 0 atom stereocenters. The number of benzene rings is 1. The Morgan fingerprint density at radius 2 is 1.44 bits per heavy atom. The first-order valence-corrected chi connectivity index (χ1v) is 10.6. The van der Waals surface area contributed by atoms with Crippen LogP contribution in [0.15, 0.2) is 24.4 Å². The smallest absolute Gasteiger partial charge is 0.0198 e. The van der Waals surface area contributed by atoms with Gasteiger partial charge in [-0.15, -0.1) is 34.9 Å². The number of pyridine rings is 1. The van der Waals surface area contributed by atoms with Crippen LogP contribution in [0.25, 0.3) is 11.3 Å². The fraction of sp³-hybridized carbons (Fsp3) is 0.560. The van der Waals surface area contributed by atoms with E-state index in [1.165, 1.54) is 56.9 Å². The second kappa shape index (κ2) is 6.01. The van der Waals surface area contributed by atoms with Gasteiger partial charge in [0.25, 0.3) is 0 Å². The number of rotatable bonds is 1. The third-order valence-corrected chi connectivity index (χ3v) is 8.56. The molecule has 6 aliphatic carbocycles. The molecule has 2 heteroatoms. The first kappa shape index (κ1) is 18.1. The summed E-state index contributed by atoms with van der Waals surface area (Å²) in [6.45, 7) is 4.94. The van der Waals surface area contributed by atoms with E-state index in [1.807, 2.05) is 0 Å². The van der Waals surface area contributed by atoms with E-state index in [1.54, 1.807) is 22.3 Å². The van der Waals surface area contributed by atoms with Gasteiger partial charge in [-0.05, 0) is 78.0 Å². The van der Waals surface area contributed by atoms with Crippen LogP contribution in [0.1, 0.15) is 99.3 Å². The van der Waals surface area contributed by atoms with Crippen LogP contribution in [0, 0.1) is 6.07 Å². The molecule has 0 aliphatic heterocycles. The van der Waals surface area contributed by atoms with Crippen molar-refractivity contribution in [3.63, 3.8) is 0 Å². The minimum absolute atomic E-state index is 0. The molecular formula is C25H28IrN-. The van der Waals surface area contributed by atoms with E-state index in [4.69, 9.17) is 4.98 Å². The summed E-state index contributed by atoms with van der Waals surface area (Å²) in [6.07, 6.45) is 13.1. The maximum Gasteiger partial charge on any atom is 0.0198 e. The first-order valence-electron chi connectivity index (χ1n) is 10.6. The van der Waals surface area contributed by atoms with Gasteiger partial charge in [0.2, 0.25) is 0 Å². The minimum Gasteiger partial charge on any atom is -0.304 e. The Labute approximate surface area is 176 Å². The standard InChI is InChI=1S/C25H28N.Ir/c1-24-9-11-25(2,12-10-24)22-13-18(7-8-21(22)24)23-14-19-16-3-5-17(6-4-16)20(19)15-26-23;/h8,13-17H,3-6,9-12H2,1-2H3;/q-1;. The topological polar surface area (TPSA) is 12.9 Å². The summed E-state index contributed by atoms with van der Waals surface area (Å²) in [5.41, 5.74) is 9.41. The van der Waals surface area contributed by atoms with Gasteiger partial charge in [0.05, 0.1) is 0 Å². The van der Waals surface area contributed by atoms with Gasteiger partial charge in [0.1, 0.15) is 0 Å². The van der Waals surface area contributed by atoms with Crippen LogP contribution in [-0.2, 0) is 30.9 Å². The fourth-order valence-electron chi connectivity index (χ4n) is 6.57. The molecule has 0 N–H and O–H groups in total. The van der Waals surface area contributed by atoms with Crippen LogP contribution in [0.3, 0.4) is 0 Å². The summed E-state index contributed by atoms with van der Waals surface area (Å²) in [6, 6.07) is 10.8. The molecule has 143 valence electrons. The van der Waals surface area contributed by atoms with Crippen molar-refractivity contribution in [3.05, 3.63) is 52.7 Å². The van der Waals surface area contributed by atoms with Gasteiger partial charge in [-0.3, -0.25) is 0 Å². The van der Waals surface area contributed by atoms with Crippen molar-refractivity contribution in [2.75, 3.05) is 0 Å². The first-order chi connectivity index (χ1) is 12.6. The summed E-state index contributed by atoms with van der Waals surface area (Å²) in [5.74, 6) is 1.56. The zero-order chi connectivity index (χ0) is 17.5. The van der Waals surface area contributed by atoms with E-state index in [0.29, 0.717) is 10.8 Å². The Morgan fingerprint density at radius 1 is 0.852 bits per heavy atom. The molecule has 0 saturated heterocycles. The van der Waals surface area contributed by atoms with E-state index in [2.05, 4.69) is 44.3 Å². The number of hydrogen-bond acceptors (Lipinski definition) is 1. The third-order valence-electron chi connectivity index (χ3n) is 8.56. The average molecular weight is 535 g/mol. The van der Waals surface area contributed by atoms with Crippen molar-refractivity contribution >= 4 is 0 Å². The Balaban J connectivity index is 0.00000160. The van der Waals surface area contributed by atoms with Crippen LogP contribution in [-0.4, -0.2) is 4.98 Å². The predicted octanol–water partition coefficient (Wildman–Crippen LogP) is 6.40. The molecular weight excluding hydrogens is 506 g/mol. The molecule has 1 aromatic carbocycles. The zero-order valence-corrected chi connectivity index (χ0v) is 18.8. The van der Waals surface area contributed by atoms with Crippen molar-refractivity contribution in [1.29, 1.82) is 0 Å².